The maximum atomic E-state index is 12.6. The summed E-state index contributed by atoms with van der Waals surface area (Å²) in [5, 5.41) is 8.33. The number of benzene rings is 1. The zero-order chi connectivity index (χ0) is 15.0. The number of hydrogen-bond acceptors (Lipinski definition) is 4. The van der Waals surface area contributed by atoms with Gasteiger partial charge in [0.05, 0.1) is 17.3 Å². The van der Waals surface area contributed by atoms with E-state index < -0.39 is 6.10 Å². The fourth-order valence-electron chi connectivity index (χ4n) is 2.59. The van der Waals surface area contributed by atoms with Crippen molar-refractivity contribution in [3.05, 3.63) is 53.3 Å². The van der Waals surface area contributed by atoms with E-state index in [-0.39, 0.29) is 11.8 Å². The van der Waals surface area contributed by atoms with Crippen LogP contribution in [0.3, 0.4) is 0 Å². The van der Waals surface area contributed by atoms with E-state index >= 15 is 0 Å². The quantitative estimate of drug-likeness (QED) is 0.851. The molecule has 1 aliphatic heterocycles. The molecule has 2 heterocycles. The highest BCUT2D eigenvalue weighted by atomic mass is 16.6. The van der Waals surface area contributed by atoms with Crippen LogP contribution in [0.4, 0.5) is 0 Å². The van der Waals surface area contributed by atoms with Gasteiger partial charge in [0.1, 0.15) is 0 Å². The lowest BCUT2D eigenvalue weighted by Crippen LogP contribution is -2.34. The molecule has 1 aromatic carbocycles. The van der Waals surface area contributed by atoms with Crippen LogP contribution in [0, 0.1) is 19.8 Å². The van der Waals surface area contributed by atoms with Crippen LogP contribution in [-0.2, 0) is 4.84 Å². The Balaban J connectivity index is 1.84. The minimum atomic E-state index is -0.627. The van der Waals surface area contributed by atoms with Gasteiger partial charge in [0.25, 0.3) is 5.91 Å². The molecule has 0 saturated heterocycles. The Labute approximate surface area is 123 Å². The monoisotopic (exact) mass is 283 g/mol. The molecule has 21 heavy (non-hydrogen) atoms. The minimum Gasteiger partial charge on any atom is -0.381 e. The number of aromatic nitrogens is 2. The van der Waals surface area contributed by atoms with Crippen LogP contribution in [0.2, 0.25) is 0 Å². The van der Waals surface area contributed by atoms with Crippen molar-refractivity contribution in [2.45, 2.75) is 26.9 Å². The van der Waals surface area contributed by atoms with Crippen molar-refractivity contribution in [1.29, 1.82) is 0 Å². The van der Waals surface area contributed by atoms with Crippen molar-refractivity contribution >= 4 is 11.6 Å². The summed E-state index contributed by atoms with van der Waals surface area (Å²) < 4.78 is 1.40. The molecule has 5 heteroatoms. The number of oxime groups is 1. The molecule has 0 N–H and O–H groups in total. The SMILES string of the molecule is Cc1cc(C)n(C(=O)[C@H]2ON=C(c3ccccc3)[C@@H]2C)n1. The summed E-state index contributed by atoms with van der Waals surface area (Å²) in [5.41, 5.74) is 3.40. The summed E-state index contributed by atoms with van der Waals surface area (Å²) >= 11 is 0. The summed E-state index contributed by atoms with van der Waals surface area (Å²) in [4.78, 5) is 18.0. The van der Waals surface area contributed by atoms with Crippen LogP contribution in [0.15, 0.2) is 41.6 Å². The van der Waals surface area contributed by atoms with Gasteiger partial charge < -0.3 is 4.84 Å². The van der Waals surface area contributed by atoms with Crippen molar-refractivity contribution in [3.8, 4) is 0 Å². The van der Waals surface area contributed by atoms with Gasteiger partial charge in [0, 0.05) is 5.69 Å². The van der Waals surface area contributed by atoms with Crippen LogP contribution in [0.1, 0.15) is 28.7 Å². The van der Waals surface area contributed by atoms with Gasteiger partial charge in [-0.15, -0.1) is 0 Å². The number of rotatable bonds is 2. The molecule has 1 aliphatic rings. The number of hydrogen-bond donors (Lipinski definition) is 0. The average Bonchev–Trinajstić information content (AvgIpc) is 3.02. The Kier molecular flexibility index (Phi) is 3.33. The first-order chi connectivity index (χ1) is 10.1. The van der Waals surface area contributed by atoms with Gasteiger partial charge in [0.15, 0.2) is 0 Å². The first-order valence-corrected chi connectivity index (χ1v) is 6.94. The third-order valence-corrected chi connectivity index (χ3v) is 3.68. The van der Waals surface area contributed by atoms with Gasteiger partial charge >= 0.3 is 0 Å². The Morgan fingerprint density at radius 3 is 2.57 bits per heavy atom. The Hall–Kier alpha value is -2.43. The molecule has 0 unspecified atom stereocenters. The number of carbonyl (C=O) groups excluding carboxylic acids is 1. The predicted molar refractivity (Wildman–Crippen MR) is 79.3 cm³/mol. The van der Waals surface area contributed by atoms with E-state index in [1.165, 1.54) is 4.68 Å². The second-order valence-corrected chi connectivity index (χ2v) is 5.33. The second kappa shape index (κ2) is 5.16. The van der Waals surface area contributed by atoms with E-state index in [4.69, 9.17) is 4.84 Å². The van der Waals surface area contributed by atoms with Crippen LogP contribution in [0.25, 0.3) is 0 Å². The van der Waals surface area contributed by atoms with Gasteiger partial charge in [-0.3, -0.25) is 4.79 Å². The fourth-order valence-corrected chi connectivity index (χ4v) is 2.59. The van der Waals surface area contributed by atoms with Gasteiger partial charge in [-0.05, 0) is 25.5 Å². The molecule has 0 spiro atoms. The number of aryl methyl sites for hydroxylation is 2. The van der Waals surface area contributed by atoms with Gasteiger partial charge in [-0.25, -0.2) is 4.68 Å². The number of carbonyl (C=O) groups is 1. The minimum absolute atomic E-state index is 0.108. The Bertz CT molecular complexity index is 704. The molecule has 2 aromatic rings. The van der Waals surface area contributed by atoms with E-state index in [0.29, 0.717) is 0 Å². The molecular weight excluding hydrogens is 266 g/mol. The summed E-state index contributed by atoms with van der Waals surface area (Å²) in [5.74, 6) is -0.286. The third-order valence-electron chi connectivity index (χ3n) is 3.68. The van der Waals surface area contributed by atoms with E-state index in [9.17, 15) is 4.79 Å². The summed E-state index contributed by atoms with van der Waals surface area (Å²) in [7, 11) is 0. The van der Waals surface area contributed by atoms with E-state index in [1.54, 1.807) is 0 Å². The molecular formula is C16H17N3O2. The zero-order valence-corrected chi connectivity index (χ0v) is 12.3. The molecule has 108 valence electrons. The van der Waals surface area contributed by atoms with Crippen molar-refractivity contribution in [2.24, 2.45) is 11.1 Å². The highest BCUT2D eigenvalue weighted by Crippen LogP contribution is 2.24. The van der Waals surface area contributed by atoms with Gasteiger partial charge in [-0.1, -0.05) is 42.4 Å². The van der Waals surface area contributed by atoms with Crippen molar-refractivity contribution in [1.82, 2.24) is 9.78 Å². The Morgan fingerprint density at radius 1 is 1.24 bits per heavy atom. The largest absolute Gasteiger partial charge is 0.381 e. The number of nitrogens with zero attached hydrogens (tertiary/aromatic N) is 3. The van der Waals surface area contributed by atoms with Gasteiger partial charge in [0.2, 0.25) is 6.10 Å². The van der Waals surface area contributed by atoms with Crippen LogP contribution >= 0.6 is 0 Å². The van der Waals surface area contributed by atoms with Gasteiger partial charge in [-0.2, -0.15) is 5.10 Å². The van der Waals surface area contributed by atoms with Crippen LogP contribution < -0.4 is 0 Å². The Morgan fingerprint density at radius 2 is 1.95 bits per heavy atom. The molecule has 0 radical (unpaired) electrons. The van der Waals surface area contributed by atoms with Crippen LogP contribution in [-0.4, -0.2) is 27.5 Å². The topological polar surface area (TPSA) is 56.5 Å². The zero-order valence-electron chi connectivity index (χ0n) is 12.3. The molecule has 0 amide bonds. The lowest BCUT2D eigenvalue weighted by molar-refractivity contribution is 0.0366. The maximum Gasteiger partial charge on any atom is 0.291 e. The standard InChI is InChI=1S/C16H17N3O2/c1-10-9-11(2)19(17-10)16(20)15-12(3)14(18-21-15)13-7-5-4-6-8-13/h4-9,12,15H,1-3H3/t12-,15-/m0/s1. The highest BCUT2D eigenvalue weighted by Gasteiger charge is 2.38. The van der Waals surface area contributed by atoms with E-state index in [0.717, 1.165) is 22.7 Å². The fraction of sp³-hybridized carbons (Fsp3) is 0.312. The molecule has 0 aliphatic carbocycles. The lowest BCUT2D eigenvalue weighted by Gasteiger charge is -2.14. The normalized spacial score (nSPS) is 21.0. The van der Waals surface area contributed by atoms with E-state index in [2.05, 4.69) is 10.3 Å². The van der Waals surface area contributed by atoms with Crippen molar-refractivity contribution in [2.75, 3.05) is 0 Å². The first kappa shape index (κ1) is 13.5. The summed E-state index contributed by atoms with van der Waals surface area (Å²) in [6.45, 7) is 5.67. The molecule has 3 rings (SSSR count). The predicted octanol–water partition coefficient (Wildman–Crippen LogP) is 2.58. The second-order valence-electron chi connectivity index (χ2n) is 5.33. The van der Waals surface area contributed by atoms with Crippen molar-refractivity contribution < 1.29 is 9.63 Å². The lowest BCUT2D eigenvalue weighted by atomic mass is 9.94. The molecule has 0 saturated carbocycles. The molecule has 1 aromatic heterocycles. The van der Waals surface area contributed by atoms with E-state index in [1.807, 2.05) is 57.2 Å². The third kappa shape index (κ3) is 2.35. The van der Waals surface area contributed by atoms with Crippen LogP contribution in [0.5, 0.6) is 0 Å². The first-order valence-electron chi connectivity index (χ1n) is 6.94. The summed E-state index contributed by atoms with van der Waals surface area (Å²) in [6, 6.07) is 11.6. The highest BCUT2D eigenvalue weighted by molar-refractivity contribution is 6.05. The summed E-state index contributed by atoms with van der Waals surface area (Å²) in [6.07, 6.45) is -0.627. The maximum absolute atomic E-state index is 12.6. The molecule has 0 fully saturated rings. The molecule has 2 atom stereocenters. The smallest absolute Gasteiger partial charge is 0.291 e. The molecule has 5 nitrogen and oxygen atoms in total. The average molecular weight is 283 g/mol. The van der Waals surface area contributed by atoms with Crippen molar-refractivity contribution in [3.63, 3.8) is 0 Å². The molecule has 0 bridgehead atoms.